The standard InChI is InChI=1S/C26H31ClN4O4/c1-3-34-22-11-6-5-10-20(22)24-23(25(32)35-4-2)21(28-26(33)29-24)17-30-12-14-31(15-13-30)19-9-7-8-18(27)16-19/h5-11,16,24H,3-4,12-15,17H2,1-2H3,(H2,28,29,33). The minimum atomic E-state index is -0.673. The van der Waals surface area contributed by atoms with Crippen molar-refractivity contribution in [3.05, 3.63) is 70.4 Å². The van der Waals surface area contributed by atoms with Gasteiger partial charge < -0.3 is 25.0 Å². The zero-order valence-corrected chi connectivity index (χ0v) is 20.8. The van der Waals surface area contributed by atoms with E-state index >= 15 is 0 Å². The van der Waals surface area contributed by atoms with E-state index in [1.807, 2.05) is 49.4 Å². The summed E-state index contributed by atoms with van der Waals surface area (Å²) in [5.41, 5.74) is 2.76. The topological polar surface area (TPSA) is 83.1 Å². The Kier molecular flexibility index (Phi) is 8.15. The molecule has 8 nitrogen and oxygen atoms in total. The number of hydrogen-bond donors (Lipinski definition) is 2. The Morgan fingerprint density at radius 3 is 2.54 bits per heavy atom. The fourth-order valence-corrected chi connectivity index (χ4v) is 4.68. The number of anilines is 1. The number of nitrogens with one attached hydrogen (secondary N) is 2. The number of carbonyl (C=O) groups is 2. The molecule has 0 aliphatic carbocycles. The van der Waals surface area contributed by atoms with Gasteiger partial charge in [-0.2, -0.15) is 0 Å². The molecule has 35 heavy (non-hydrogen) atoms. The average Bonchev–Trinajstić information content (AvgIpc) is 2.85. The average molecular weight is 499 g/mol. The SMILES string of the molecule is CCOC(=O)C1=C(CN2CCN(c3cccc(Cl)c3)CC2)NC(=O)NC1c1ccccc1OCC. The van der Waals surface area contributed by atoms with Crippen molar-refractivity contribution in [2.75, 3.05) is 50.8 Å². The van der Waals surface area contributed by atoms with Gasteiger partial charge >= 0.3 is 12.0 Å². The molecule has 2 N–H and O–H groups in total. The van der Waals surface area contributed by atoms with Crippen LogP contribution < -0.4 is 20.3 Å². The van der Waals surface area contributed by atoms with Crippen LogP contribution in [0.3, 0.4) is 0 Å². The zero-order chi connectivity index (χ0) is 24.8. The summed E-state index contributed by atoms with van der Waals surface area (Å²) in [6.07, 6.45) is 0. The van der Waals surface area contributed by atoms with Crippen LogP contribution in [0.25, 0.3) is 0 Å². The number of rotatable bonds is 8. The van der Waals surface area contributed by atoms with E-state index < -0.39 is 12.0 Å². The highest BCUT2D eigenvalue weighted by Gasteiger charge is 2.36. The number of esters is 1. The van der Waals surface area contributed by atoms with Crippen LogP contribution in [0.2, 0.25) is 5.02 Å². The van der Waals surface area contributed by atoms with Gasteiger partial charge in [0.1, 0.15) is 5.75 Å². The Hall–Kier alpha value is -3.23. The highest BCUT2D eigenvalue weighted by molar-refractivity contribution is 6.30. The fourth-order valence-electron chi connectivity index (χ4n) is 4.49. The Morgan fingerprint density at radius 1 is 1.06 bits per heavy atom. The number of urea groups is 1. The van der Waals surface area contributed by atoms with Gasteiger partial charge in [0.05, 0.1) is 24.8 Å². The summed E-state index contributed by atoms with van der Waals surface area (Å²) in [6.45, 7) is 7.97. The van der Waals surface area contributed by atoms with Crippen molar-refractivity contribution in [1.29, 1.82) is 0 Å². The summed E-state index contributed by atoms with van der Waals surface area (Å²) in [5, 5.41) is 6.48. The number of amides is 2. The minimum absolute atomic E-state index is 0.238. The van der Waals surface area contributed by atoms with Crippen LogP contribution >= 0.6 is 11.6 Å². The van der Waals surface area contributed by atoms with E-state index in [-0.39, 0.29) is 12.6 Å². The van der Waals surface area contributed by atoms with Crippen molar-refractivity contribution >= 4 is 29.3 Å². The maximum Gasteiger partial charge on any atom is 0.338 e. The largest absolute Gasteiger partial charge is 0.494 e. The van der Waals surface area contributed by atoms with Crippen molar-refractivity contribution in [1.82, 2.24) is 15.5 Å². The molecule has 0 bridgehead atoms. The Balaban J connectivity index is 1.59. The molecular formula is C26H31ClN4O4. The van der Waals surface area contributed by atoms with Crippen molar-refractivity contribution in [2.24, 2.45) is 0 Å². The van der Waals surface area contributed by atoms with Crippen LogP contribution in [0.4, 0.5) is 10.5 Å². The minimum Gasteiger partial charge on any atom is -0.494 e. The highest BCUT2D eigenvalue weighted by Crippen LogP contribution is 2.34. The van der Waals surface area contributed by atoms with E-state index in [1.54, 1.807) is 6.92 Å². The molecule has 1 unspecified atom stereocenters. The molecule has 2 amide bonds. The smallest absolute Gasteiger partial charge is 0.338 e. The number of ether oxygens (including phenoxy) is 2. The predicted octanol–water partition coefficient (Wildman–Crippen LogP) is 3.73. The lowest BCUT2D eigenvalue weighted by Gasteiger charge is -2.38. The Bertz CT molecular complexity index is 1100. The molecule has 1 atom stereocenters. The molecule has 186 valence electrons. The molecule has 0 radical (unpaired) electrons. The number of para-hydroxylation sites is 1. The first kappa shape index (κ1) is 24.9. The first-order valence-corrected chi connectivity index (χ1v) is 12.3. The van der Waals surface area contributed by atoms with E-state index in [4.69, 9.17) is 21.1 Å². The number of benzene rings is 2. The van der Waals surface area contributed by atoms with Crippen LogP contribution in [-0.2, 0) is 9.53 Å². The van der Waals surface area contributed by atoms with E-state index in [1.165, 1.54) is 0 Å². The molecule has 1 saturated heterocycles. The number of hydrogen-bond acceptors (Lipinski definition) is 6. The molecule has 0 saturated carbocycles. The van der Waals surface area contributed by atoms with Crippen molar-refractivity contribution in [2.45, 2.75) is 19.9 Å². The molecule has 2 heterocycles. The van der Waals surface area contributed by atoms with Gasteiger partial charge in [0, 0.05) is 54.7 Å². The van der Waals surface area contributed by atoms with Crippen LogP contribution in [0.1, 0.15) is 25.5 Å². The van der Waals surface area contributed by atoms with Crippen LogP contribution in [0, 0.1) is 0 Å². The molecule has 0 aromatic heterocycles. The molecule has 2 aliphatic heterocycles. The third-order valence-corrected chi connectivity index (χ3v) is 6.34. The number of halogens is 1. The number of piperazine rings is 1. The molecule has 2 aromatic carbocycles. The van der Waals surface area contributed by atoms with Gasteiger partial charge in [0.25, 0.3) is 0 Å². The summed E-state index contributed by atoms with van der Waals surface area (Å²) in [5.74, 6) is 0.169. The zero-order valence-electron chi connectivity index (χ0n) is 20.1. The number of carbonyl (C=O) groups excluding carboxylic acids is 2. The monoisotopic (exact) mass is 498 g/mol. The molecular weight excluding hydrogens is 468 g/mol. The normalized spacial score (nSPS) is 18.7. The molecule has 2 aliphatic rings. The summed E-state index contributed by atoms with van der Waals surface area (Å²) < 4.78 is 11.2. The summed E-state index contributed by atoms with van der Waals surface area (Å²) in [7, 11) is 0. The predicted molar refractivity (Wildman–Crippen MR) is 136 cm³/mol. The second-order valence-electron chi connectivity index (χ2n) is 8.36. The lowest BCUT2D eigenvalue weighted by Crippen LogP contribution is -2.51. The van der Waals surface area contributed by atoms with Gasteiger partial charge in [0.2, 0.25) is 0 Å². The maximum absolute atomic E-state index is 13.1. The second kappa shape index (κ2) is 11.5. The summed E-state index contributed by atoms with van der Waals surface area (Å²) in [6, 6.07) is 14.2. The maximum atomic E-state index is 13.1. The van der Waals surface area contributed by atoms with Gasteiger partial charge in [-0.3, -0.25) is 4.90 Å². The summed E-state index contributed by atoms with van der Waals surface area (Å²) >= 11 is 6.16. The van der Waals surface area contributed by atoms with Crippen LogP contribution in [0.5, 0.6) is 5.75 Å². The van der Waals surface area contributed by atoms with Crippen LogP contribution in [0.15, 0.2) is 59.8 Å². The van der Waals surface area contributed by atoms with Gasteiger partial charge in [-0.05, 0) is 38.1 Å². The van der Waals surface area contributed by atoms with Crippen molar-refractivity contribution in [3.63, 3.8) is 0 Å². The second-order valence-corrected chi connectivity index (χ2v) is 8.79. The van der Waals surface area contributed by atoms with E-state index in [0.29, 0.717) is 35.2 Å². The lowest BCUT2D eigenvalue weighted by atomic mass is 9.94. The molecule has 9 heteroatoms. The lowest BCUT2D eigenvalue weighted by molar-refractivity contribution is -0.139. The van der Waals surface area contributed by atoms with Crippen molar-refractivity contribution < 1.29 is 19.1 Å². The molecule has 0 spiro atoms. The first-order valence-electron chi connectivity index (χ1n) is 11.9. The summed E-state index contributed by atoms with van der Waals surface area (Å²) in [4.78, 5) is 30.3. The Morgan fingerprint density at radius 2 is 1.83 bits per heavy atom. The first-order chi connectivity index (χ1) is 17.0. The van der Waals surface area contributed by atoms with Gasteiger partial charge in [-0.25, -0.2) is 9.59 Å². The molecule has 4 rings (SSSR count). The van der Waals surface area contributed by atoms with E-state index in [2.05, 4.69) is 26.5 Å². The quantitative estimate of drug-likeness (QED) is 0.540. The molecule has 1 fully saturated rings. The Labute approximate surface area is 210 Å². The number of nitrogens with zero attached hydrogens (tertiary/aromatic N) is 2. The van der Waals surface area contributed by atoms with E-state index in [9.17, 15) is 9.59 Å². The van der Waals surface area contributed by atoms with Gasteiger partial charge in [-0.15, -0.1) is 0 Å². The van der Waals surface area contributed by atoms with Gasteiger partial charge in [0.15, 0.2) is 0 Å². The highest BCUT2D eigenvalue weighted by atomic mass is 35.5. The third-order valence-electron chi connectivity index (χ3n) is 6.11. The van der Waals surface area contributed by atoms with Gasteiger partial charge in [-0.1, -0.05) is 35.9 Å². The van der Waals surface area contributed by atoms with E-state index in [0.717, 1.165) is 37.4 Å². The van der Waals surface area contributed by atoms with Crippen molar-refractivity contribution in [3.8, 4) is 5.75 Å². The molecule has 2 aromatic rings. The fraction of sp³-hybridized carbons (Fsp3) is 0.385. The van der Waals surface area contributed by atoms with Crippen LogP contribution in [-0.4, -0.2) is 62.8 Å². The third kappa shape index (κ3) is 5.89.